The molecule has 1 aromatic carbocycles. The molecule has 2 nitrogen and oxygen atoms in total. The molecular formula is C13H16BrNO. The van der Waals surface area contributed by atoms with E-state index >= 15 is 0 Å². The fraction of sp³-hybridized carbons (Fsp3) is 0.462. The van der Waals surface area contributed by atoms with Crippen LogP contribution in [0.25, 0.3) is 0 Å². The fourth-order valence-electron chi connectivity index (χ4n) is 1.24. The third-order valence-electron chi connectivity index (χ3n) is 2.59. The molecule has 1 rings (SSSR count). The molecule has 3 heteroatoms. The Morgan fingerprint density at radius 1 is 1.31 bits per heavy atom. The standard InChI is InChI=1S/C13H16BrNO/c1-10(2)12(7-14)9-16-13-5-3-11(8-15)4-6-13/h3-6,10,12H,7,9H2,1-2H3. The molecule has 0 fully saturated rings. The number of halogens is 1. The van der Waals surface area contributed by atoms with Gasteiger partial charge in [-0.25, -0.2) is 0 Å². The number of hydrogen-bond donors (Lipinski definition) is 0. The van der Waals surface area contributed by atoms with Crippen molar-refractivity contribution in [2.75, 3.05) is 11.9 Å². The molecule has 1 unspecified atom stereocenters. The van der Waals surface area contributed by atoms with Gasteiger partial charge in [0.05, 0.1) is 18.2 Å². The van der Waals surface area contributed by atoms with Gasteiger partial charge in [0.15, 0.2) is 0 Å². The van der Waals surface area contributed by atoms with Crippen LogP contribution in [-0.4, -0.2) is 11.9 Å². The number of rotatable bonds is 5. The van der Waals surface area contributed by atoms with Gasteiger partial charge in [0.2, 0.25) is 0 Å². The summed E-state index contributed by atoms with van der Waals surface area (Å²) in [5.74, 6) is 1.93. The van der Waals surface area contributed by atoms with E-state index in [0.717, 1.165) is 11.1 Å². The summed E-state index contributed by atoms with van der Waals surface area (Å²) >= 11 is 3.49. The van der Waals surface area contributed by atoms with E-state index in [2.05, 4.69) is 35.8 Å². The molecule has 0 radical (unpaired) electrons. The Morgan fingerprint density at radius 3 is 2.38 bits per heavy atom. The van der Waals surface area contributed by atoms with Crippen molar-refractivity contribution in [2.45, 2.75) is 13.8 Å². The summed E-state index contributed by atoms with van der Waals surface area (Å²) in [6.07, 6.45) is 0. The first kappa shape index (κ1) is 13.1. The number of hydrogen-bond acceptors (Lipinski definition) is 2. The first-order valence-electron chi connectivity index (χ1n) is 5.36. The Morgan fingerprint density at radius 2 is 1.94 bits per heavy atom. The van der Waals surface area contributed by atoms with Crippen LogP contribution in [0.4, 0.5) is 0 Å². The minimum absolute atomic E-state index is 0.510. The van der Waals surface area contributed by atoms with E-state index in [0.29, 0.717) is 24.0 Å². The maximum absolute atomic E-state index is 8.66. The van der Waals surface area contributed by atoms with Crippen LogP contribution in [0.15, 0.2) is 24.3 Å². The molecule has 0 bridgehead atoms. The lowest BCUT2D eigenvalue weighted by molar-refractivity contribution is 0.227. The first-order valence-corrected chi connectivity index (χ1v) is 6.48. The highest BCUT2D eigenvalue weighted by Gasteiger charge is 2.12. The fourth-order valence-corrected chi connectivity index (χ4v) is 2.18. The number of nitriles is 1. The molecule has 1 aromatic rings. The number of benzene rings is 1. The van der Waals surface area contributed by atoms with Crippen LogP contribution < -0.4 is 4.74 Å². The van der Waals surface area contributed by atoms with E-state index in [1.54, 1.807) is 12.1 Å². The summed E-state index contributed by atoms with van der Waals surface area (Å²) in [5.41, 5.74) is 0.660. The van der Waals surface area contributed by atoms with E-state index in [-0.39, 0.29) is 0 Å². The lowest BCUT2D eigenvalue weighted by atomic mass is 9.99. The van der Waals surface area contributed by atoms with Crippen molar-refractivity contribution in [3.63, 3.8) is 0 Å². The SMILES string of the molecule is CC(C)C(CBr)COc1ccc(C#N)cc1. The Kier molecular flexibility index (Phi) is 5.34. The van der Waals surface area contributed by atoms with E-state index in [9.17, 15) is 0 Å². The largest absolute Gasteiger partial charge is 0.493 e. The number of alkyl halides is 1. The van der Waals surface area contributed by atoms with Crippen LogP contribution in [0.3, 0.4) is 0 Å². The minimum atomic E-state index is 0.510. The highest BCUT2D eigenvalue weighted by molar-refractivity contribution is 9.09. The summed E-state index contributed by atoms with van der Waals surface area (Å²) in [4.78, 5) is 0. The van der Waals surface area contributed by atoms with Crippen molar-refractivity contribution < 1.29 is 4.74 Å². The third-order valence-corrected chi connectivity index (χ3v) is 3.42. The second-order valence-corrected chi connectivity index (χ2v) is 4.75. The van der Waals surface area contributed by atoms with Crippen molar-refractivity contribution in [1.82, 2.24) is 0 Å². The average Bonchev–Trinajstić information content (AvgIpc) is 2.30. The Hall–Kier alpha value is -1.01. The summed E-state index contributed by atoms with van der Waals surface area (Å²) < 4.78 is 5.68. The quantitative estimate of drug-likeness (QED) is 0.773. The molecule has 16 heavy (non-hydrogen) atoms. The molecule has 0 saturated carbocycles. The van der Waals surface area contributed by atoms with E-state index < -0.39 is 0 Å². The van der Waals surface area contributed by atoms with Gasteiger partial charge in [-0.2, -0.15) is 5.26 Å². The zero-order valence-electron chi connectivity index (χ0n) is 9.61. The van der Waals surface area contributed by atoms with Gasteiger partial charge in [0.25, 0.3) is 0 Å². The molecule has 0 N–H and O–H groups in total. The van der Waals surface area contributed by atoms with Crippen LogP contribution in [0.2, 0.25) is 0 Å². The molecule has 0 aliphatic carbocycles. The van der Waals surface area contributed by atoms with Crippen LogP contribution in [0.5, 0.6) is 5.75 Å². The van der Waals surface area contributed by atoms with Gasteiger partial charge in [-0.05, 0) is 30.2 Å². The van der Waals surface area contributed by atoms with Gasteiger partial charge in [-0.3, -0.25) is 0 Å². The predicted molar refractivity (Wildman–Crippen MR) is 68.8 cm³/mol. The van der Waals surface area contributed by atoms with Crippen molar-refractivity contribution >= 4 is 15.9 Å². The molecule has 86 valence electrons. The molecule has 1 atom stereocenters. The molecule has 0 aliphatic rings. The second-order valence-electron chi connectivity index (χ2n) is 4.11. The van der Waals surface area contributed by atoms with Crippen LogP contribution in [0, 0.1) is 23.2 Å². The molecule has 0 aliphatic heterocycles. The summed E-state index contributed by atoms with van der Waals surface area (Å²) in [6.45, 7) is 5.08. The van der Waals surface area contributed by atoms with Crippen molar-refractivity contribution in [3.05, 3.63) is 29.8 Å². The zero-order valence-corrected chi connectivity index (χ0v) is 11.2. The monoisotopic (exact) mass is 281 g/mol. The van der Waals surface area contributed by atoms with Crippen LogP contribution in [-0.2, 0) is 0 Å². The number of ether oxygens (including phenoxy) is 1. The highest BCUT2D eigenvalue weighted by atomic mass is 79.9. The van der Waals surface area contributed by atoms with E-state index in [4.69, 9.17) is 10.00 Å². The van der Waals surface area contributed by atoms with Gasteiger partial charge in [0, 0.05) is 11.2 Å². The van der Waals surface area contributed by atoms with Gasteiger partial charge in [0.1, 0.15) is 5.75 Å². The zero-order chi connectivity index (χ0) is 12.0. The highest BCUT2D eigenvalue weighted by Crippen LogP contribution is 2.17. The Balaban J connectivity index is 2.51. The lowest BCUT2D eigenvalue weighted by Crippen LogP contribution is -2.19. The molecule has 0 amide bonds. The van der Waals surface area contributed by atoms with Gasteiger partial charge in [-0.1, -0.05) is 29.8 Å². The second kappa shape index (κ2) is 6.55. The topological polar surface area (TPSA) is 33.0 Å². The molecule has 0 saturated heterocycles. The van der Waals surface area contributed by atoms with Crippen molar-refractivity contribution in [1.29, 1.82) is 5.26 Å². The number of nitrogens with zero attached hydrogens (tertiary/aromatic N) is 1. The van der Waals surface area contributed by atoms with Crippen LogP contribution >= 0.6 is 15.9 Å². The average molecular weight is 282 g/mol. The predicted octanol–water partition coefficient (Wildman–Crippen LogP) is 3.60. The smallest absolute Gasteiger partial charge is 0.119 e. The summed E-state index contributed by atoms with van der Waals surface area (Å²) in [6, 6.07) is 9.30. The van der Waals surface area contributed by atoms with E-state index in [1.807, 2.05) is 12.1 Å². The van der Waals surface area contributed by atoms with Gasteiger partial charge in [-0.15, -0.1) is 0 Å². The summed E-state index contributed by atoms with van der Waals surface area (Å²) in [5, 5.41) is 9.61. The minimum Gasteiger partial charge on any atom is -0.493 e. The van der Waals surface area contributed by atoms with E-state index in [1.165, 1.54) is 0 Å². The van der Waals surface area contributed by atoms with Crippen molar-refractivity contribution in [2.24, 2.45) is 11.8 Å². The Bertz CT molecular complexity index is 353. The molecule has 0 aromatic heterocycles. The summed E-state index contributed by atoms with van der Waals surface area (Å²) in [7, 11) is 0. The third kappa shape index (κ3) is 3.86. The molecular weight excluding hydrogens is 266 g/mol. The molecule has 0 spiro atoms. The van der Waals surface area contributed by atoms with Crippen molar-refractivity contribution in [3.8, 4) is 11.8 Å². The Labute approximate surface area is 105 Å². The van der Waals surface area contributed by atoms with Crippen LogP contribution in [0.1, 0.15) is 19.4 Å². The normalized spacial score (nSPS) is 12.2. The van der Waals surface area contributed by atoms with Gasteiger partial charge < -0.3 is 4.74 Å². The maximum Gasteiger partial charge on any atom is 0.119 e. The molecule has 0 heterocycles. The lowest BCUT2D eigenvalue weighted by Gasteiger charge is -2.18. The first-order chi connectivity index (χ1) is 7.67. The maximum atomic E-state index is 8.66. The van der Waals surface area contributed by atoms with Gasteiger partial charge >= 0.3 is 0 Å².